The minimum atomic E-state index is 0.219. The van der Waals surface area contributed by atoms with Gasteiger partial charge in [-0.25, -0.2) is 0 Å². The van der Waals surface area contributed by atoms with Crippen molar-refractivity contribution in [3.63, 3.8) is 0 Å². The maximum Gasteiger partial charge on any atom is 0.138 e. The zero-order valence-corrected chi connectivity index (χ0v) is 13.7. The molecule has 0 aliphatic rings. The van der Waals surface area contributed by atoms with Crippen molar-refractivity contribution in [1.29, 1.82) is 0 Å². The van der Waals surface area contributed by atoms with Crippen LogP contribution < -0.4 is 10.1 Å². The van der Waals surface area contributed by atoms with Crippen LogP contribution in [0.1, 0.15) is 31.9 Å². The van der Waals surface area contributed by atoms with Crippen molar-refractivity contribution < 1.29 is 4.74 Å². The highest BCUT2D eigenvalue weighted by Gasteiger charge is 2.10. The van der Waals surface area contributed by atoms with Crippen molar-refractivity contribution in [1.82, 2.24) is 0 Å². The van der Waals surface area contributed by atoms with E-state index in [1.807, 2.05) is 49.4 Å². The van der Waals surface area contributed by atoms with Crippen molar-refractivity contribution >= 4 is 28.9 Å². The molecular weight excluding hydrogens is 305 g/mol. The summed E-state index contributed by atoms with van der Waals surface area (Å²) in [4.78, 5) is 0. The number of nitrogens with one attached hydrogen (secondary N) is 1. The van der Waals surface area contributed by atoms with E-state index in [1.165, 1.54) is 5.56 Å². The molecule has 0 amide bonds. The Kier molecular flexibility index (Phi) is 5.77. The standard InChI is InChI=1S/C17H19Cl2NO/c1-3-16(12-5-7-13(18)8-6-12)20-14-9-10-17(21-4-2)15(19)11-14/h5-11,16,20H,3-4H2,1-2H3. The lowest BCUT2D eigenvalue weighted by Gasteiger charge is -2.19. The first-order valence-corrected chi connectivity index (χ1v) is 7.84. The number of ether oxygens (including phenoxy) is 1. The molecule has 1 atom stereocenters. The average molecular weight is 324 g/mol. The highest BCUT2D eigenvalue weighted by atomic mass is 35.5. The van der Waals surface area contributed by atoms with E-state index in [0.29, 0.717) is 17.4 Å². The second kappa shape index (κ2) is 7.58. The fourth-order valence-electron chi connectivity index (χ4n) is 2.18. The van der Waals surface area contributed by atoms with Crippen LogP contribution >= 0.6 is 23.2 Å². The van der Waals surface area contributed by atoms with E-state index in [2.05, 4.69) is 12.2 Å². The summed E-state index contributed by atoms with van der Waals surface area (Å²) < 4.78 is 5.45. The van der Waals surface area contributed by atoms with Gasteiger partial charge in [0.2, 0.25) is 0 Å². The Balaban J connectivity index is 2.15. The van der Waals surface area contributed by atoms with Gasteiger partial charge in [-0.1, -0.05) is 42.3 Å². The summed E-state index contributed by atoms with van der Waals surface area (Å²) in [6.07, 6.45) is 0.965. The van der Waals surface area contributed by atoms with E-state index in [0.717, 1.165) is 17.1 Å². The predicted octanol–water partition coefficient (Wildman–Crippen LogP) is 5.96. The second-order valence-corrected chi connectivity index (χ2v) is 5.58. The fraction of sp³-hybridized carbons (Fsp3) is 0.294. The molecule has 0 aliphatic carbocycles. The highest BCUT2D eigenvalue weighted by Crippen LogP contribution is 2.30. The van der Waals surface area contributed by atoms with E-state index in [9.17, 15) is 0 Å². The Morgan fingerprint density at radius 2 is 1.76 bits per heavy atom. The highest BCUT2D eigenvalue weighted by molar-refractivity contribution is 6.32. The van der Waals surface area contributed by atoms with Crippen LogP contribution in [0.5, 0.6) is 5.75 Å². The second-order valence-electron chi connectivity index (χ2n) is 4.73. The van der Waals surface area contributed by atoms with Gasteiger partial charge in [-0.15, -0.1) is 0 Å². The van der Waals surface area contributed by atoms with Crippen molar-refractivity contribution in [2.45, 2.75) is 26.3 Å². The molecule has 2 rings (SSSR count). The number of hydrogen-bond donors (Lipinski definition) is 1. The van der Waals surface area contributed by atoms with Crippen LogP contribution in [-0.2, 0) is 0 Å². The van der Waals surface area contributed by atoms with Crippen LogP contribution in [0.25, 0.3) is 0 Å². The van der Waals surface area contributed by atoms with E-state index in [1.54, 1.807) is 0 Å². The fourth-order valence-corrected chi connectivity index (χ4v) is 2.54. The van der Waals surface area contributed by atoms with Gasteiger partial charge in [0.1, 0.15) is 5.75 Å². The summed E-state index contributed by atoms with van der Waals surface area (Å²) in [5.41, 5.74) is 2.18. The molecule has 2 nitrogen and oxygen atoms in total. The van der Waals surface area contributed by atoms with Crippen molar-refractivity contribution in [3.8, 4) is 5.75 Å². The van der Waals surface area contributed by atoms with Crippen LogP contribution in [0.3, 0.4) is 0 Å². The molecule has 4 heteroatoms. The van der Waals surface area contributed by atoms with Gasteiger partial charge >= 0.3 is 0 Å². The van der Waals surface area contributed by atoms with Gasteiger partial charge in [-0.05, 0) is 49.2 Å². The van der Waals surface area contributed by atoms with Crippen LogP contribution in [-0.4, -0.2) is 6.61 Å². The Hall–Kier alpha value is -1.38. The molecule has 0 bridgehead atoms. The molecule has 112 valence electrons. The zero-order valence-electron chi connectivity index (χ0n) is 12.2. The third kappa shape index (κ3) is 4.29. The van der Waals surface area contributed by atoms with Gasteiger partial charge < -0.3 is 10.1 Å². The zero-order chi connectivity index (χ0) is 15.2. The molecule has 1 N–H and O–H groups in total. The maximum atomic E-state index is 6.22. The van der Waals surface area contributed by atoms with E-state index in [-0.39, 0.29) is 6.04 Å². The first kappa shape index (κ1) is 16.0. The molecule has 2 aromatic carbocycles. The molecule has 0 saturated carbocycles. The van der Waals surface area contributed by atoms with Gasteiger partial charge in [-0.2, -0.15) is 0 Å². The van der Waals surface area contributed by atoms with Crippen LogP contribution in [0, 0.1) is 0 Å². The van der Waals surface area contributed by atoms with Crippen LogP contribution in [0.15, 0.2) is 42.5 Å². The first-order valence-electron chi connectivity index (χ1n) is 7.08. The molecule has 0 aromatic heterocycles. The minimum Gasteiger partial charge on any atom is -0.492 e. The normalized spacial score (nSPS) is 12.0. The predicted molar refractivity (Wildman–Crippen MR) is 90.7 cm³/mol. The molecule has 1 unspecified atom stereocenters. The number of rotatable bonds is 6. The monoisotopic (exact) mass is 323 g/mol. The number of hydrogen-bond acceptors (Lipinski definition) is 2. The van der Waals surface area contributed by atoms with Crippen molar-refractivity contribution in [2.75, 3.05) is 11.9 Å². The lowest BCUT2D eigenvalue weighted by molar-refractivity contribution is 0.340. The van der Waals surface area contributed by atoms with E-state index in [4.69, 9.17) is 27.9 Å². The summed E-state index contributed by atoms with van der Waals surface area (Å²) >= 11 is 12.2. The molecule has 0 saturated heterocycles. The molecule has 0 fully saturated rings. The molecule has 0 aliphatic heterocycles. The van der Waals surface area contributed by atoms with Gasteiger partial charge in [0.05, 0.1) is 17.7 Å². The number of halogens is 2. The van der Waals surface area contributed by atoms with E-state index >= 15 is 0 Å². The maximum absolute atomic E-state index is 6.22. The van der Waals surface area contributed by atoms with Crippen LogP contribution in [0.4, 0.5) is 5.69 Å². The Labute approximate surface area is 136 Å². The number of benzene rings is 2. The number of anilines is 1. The van der Waals surface area contributed by atoms with Gasteiger partial charge in [0.25, 0.3) is 0 Å². The lowest BCUT2D eigenvalue weighted by atomic mass is 10.0. The molecule has 0 radical (unpaired) electrons. The van der Waals surface area contributed by atoms with Crippen LogP contribution in [0.2, 0.25) is 10.0 Å². The lowest BCUT2D eigenvalue weighted by Crippen LogP contribution is -2.09. The minimum absolute atomic E-state index is 0.219. The topological polar surface area (TPSA) is 21.3 Å². The molecule has 21 heavy (non-hydrogen) atoms. The SMILES string of the molecule is CCOc1ccc(NC(CC)c2ccc(Cl)cc2)cc1Cl. The third-order valence-corrected chi connectivity index (χ3v) is 3.80. The quantitative estimate of drug-likeness (QED) is 0.708. The van der Waals surface area contributed by atoms with Gasteiger partial charge in [-0.3, -0.25) is 0 Å². The van der Waals surface area contributed by atoms with Gasteiger partial charge in [0.15, 0.2) is 0 Å². The Morgan fingerprint density at radius 1 is 1.05 bits per heavy atom. The Bertz CT molecular complexity index is 584. The molecule has 2 aromatic rings. The molecule has 0 spiro atoms. The third-order valence-electron chi connectivity index (χ3n) is 3.25. The Morgan fingerprint density at radius 3 is 2.33 bits per heavy atom. The summed E-state index contributed by atoms with van der Waals surface area (Å²) in [6, 6.07) is 13.9. The van der Waals surface area contributed by atoms with E-state index < -0.39 is 0 Å². The smallest absolute Gasteiger partial charge is 0.138 e. The summed E-state index contributed by atoms with van der Waals surface area (Å²) in [5, 5.41) is 4.86. The van der Waals surface area contributed by atoms with Crippen molar-refractivity contribution in [2.24, 2.45) is 0 Å². The average Bonchev–Trinajstić information content (AvgIpc) is 2.48. The van der Waals surface area contributed by atoms with Gasteiger partial charge in [0, 0.05) is 10.7 Å². The first-order chi connectivity index (χ1) is 10.1. The van der Waals surface area contributed by atoms with Crippen molar-refractivity contribution in [3.05, 3.63) is 58.1 Å². The molecular formula is C17H19Cl2NO. The summed E-state index contributed by atoms with van der Waals surface area (Å²) in [7, 11) is 0. The summed E-state index contributed by atoms with van der Waals surface area (Å²) in [5.74, 6) is 0.712. The largest absolute Gasteiger partial charge is 0.492 e. The summed E-state index contributed by atoms with van der Waals surface area (Å²) in [6.45, 7) is 4.69. The molecule has 0 heterocycles.